The van der Waals surface area contributed by atoms with Crippen LogP contribution in [0.2, 0.25) is 0 Å². The topological polar surface area (TPSA) is 36.4 Å². The molecule has 3 nitrogen and oxygen atoms in total. The maximum Gasteiger partial charge on any atom is 0.0827 e. The van der Waals surface area contributed by atoms with Crippen molar-refractivity contribution in [2.24, 2.45) is 5.92 Å². The highest BCUT2D eigenvalue weighted by Gasteiger charge is 2.18. The largest absolute Gasteiger partial charge is 0.388 e. The third-order valence-corrected chi connectivity index (χ3v) is 3.66. The zero-order valence-electron chi connectivity index (χ0n) is 13.0. The maximum atomic E-state index is 10.4. The van der Waals surface area contributed by atoms with Crippen molar-refractivity contribution in [3.63, 3.8) is 0 Å². The number of aliphatic hydroxyl groups excluding tert-OH is 1. The molecule has 1 aromatic heterocycles. The molecule has 0 saturated carbocycles. The molecular formula is C18H24N2O. The zero-order chi connectivity index (χ0) is 15.2. The molecule has 3 heteroatoms. The Morgan fingerprint density at radius 2 is 1.81 bits per heavy atom. The standard InChI is InChI=1S/C18H24N2O/c1-14(18(21)16-9-5-4-6-10-16)12-20(3)13-17-11-7-8-15(2)19-17/h4-11,14,18,21H,12-13H2,1-3H3. The Kier molecular flexibility index (Phi) is 5.48. The summed E-state index contributed by atoms with van der Waals surface area (Å²) >= 11 is 0. The second-order valence-corrected chi connectivity index (χ2v) is 5.80. The molecular weight excluding hydrogens is 260 g/mol. The number of hydrogen-bond acceptors (Lipinski definition) is 3. The van der Waals surface area contributed by atoms with Crippen LogP contribution in [0.5, 0.6) is 0 Å². The van der Waals surface area contributed by atoms with Crippen molar-refractivity contribution in [1.29, 1.82) is 0 Å². The molecule has 0 bridgehead atoms. The van der Waals surface area contributed by atoms with E-state index in [2.05, 4.69) is 23.9 Å². The Labute approximate surface area is 127 Å². The highest BCUT2D eigenvalue weighted by molar-refractivity contribution is 5.18. The Balaban J connectivity index is 1.91. The summed E-state index contributed by atoms with van der Waals surface area (Å²) in [6.07, 6.45) is -0.431. The lowest BCUT2D eigenvalue weighted by atomic mass is 9.97. The lowest BCUT2D eigenvalue weighted by molar-refractivity contribution is 0.0930. The third kappa shape index (κ3) is 4.66. The third-order valence-electron chi connectivity index (χ3n) is 3.66. The monoisotopic (exact) mass is 284 g/mol. The average Bonchev–Trinajstić information content (AvgIpc) is 2.47. The van der Waals surface area contributed by atoms with Gasteiger partial charge in [0.05, 0.1) is 11.8 Å². The average molecular weight is 284 g/mol. The molecule has 112 valence electrons. The lowest BCUT2D eigenvalue weighted by Gasteiger charge is -2.25. The van der Waals surface area contributed by atoms with Gasteiger partial charge in [0, 0.05) is 18.8 Å². The summed E-state index contributed by atoms with van der Waals surface area (Å²) in [5.74, 6) is 0.169. The highest BCUT2D eigenvalue weighted by atomic mass is 16.3. The van der Waals surface area contributed by atoms with Gasteiger partial charge in [-0.2, -0.15) is 0 Å². The van der Waals surface area contributed by atoms with Crippen LogP contribution in [0.25, 0.3) is 0 Å². The van der Waals surface area contributed by atoms with Crippen molar-refractivity contribution in [3.8, 4) is 0 Å². The number of aromatic nitrogens is 1. The Morgan fingerprint density at radius 3 is 2.48 bits per heavy atom. The molecule has 0 aliphatic heterocycles. The van der Waals surface area contributed by atoms with Gasteiger partial charge in [-0.25, -0.2) is 0 Å². The fourth-order valence-electron chi connectivity index (χ4n) is 2.60. The van der Waals surface area contributed by atoms with Crippen LogP contribution in [0, 0.1) is 12.8 Å². The number of hydrogen-bond donors (Lipinski definition) is 1. The van der Waals surface area contributed by atoms with Crippen LogP contribution in [-0.4, -0.2) is 28.6 Å². The normalized spacial score (nSPS) is 14.1. The van der Waals surface area contributed by atoms with Crippen LogP contribution in [0.4, 0.5) is 0 Å². The first kappa shape index (κ1) is 15.7. The fraction of sp³-hybridized carbons (Fsp3) is 0.389. The van der Waals surface area contributed by atoms with Gasteiger partial charge in [-0.05, 0) is 37.6 Å². The van der Waals surface area contributed by atoms with Gasteiger partial charge in [0.15, 0.2) is 0 Å². The molecule has 2 unspecified atom stereocenters. The number of benzene rings is 1. The van der Waals surface area contributed by atoms with Gasteiger partial charge < -0.3 is 10.0 Å². The van der Waals surface area contributed by atoms with Gasteiger partial charge in [-0.1, -0.05) is 43.3 Å². The summed E-state index contributed by atoms with van der Waals surface area (Å²) < 4.78 is 0. The minimum Gasteiger partial charge on any atom is -0.388 e. The summed E-state index contributed by atoms with van der Waals surface area (Å²) in [5.41, 5.74) is 3.09. The molecule has 21 heavy (non-hydrogen) atoms. The molecule has 2 atom stereocenters. The van der Waals surface area contributed by atoms with Crippen LogP contribution in [-0.2, 0) is 6.54 Å². The van der Waals surface area contributed by atoms with Crippen molar-refractivity contribution in [1.82, 2.24) is 9.88 Å². The van der Waals surface area contributed by atoms with Gasteiger partial charge in [-0.15, -0.1) is 0 Å². The van der Waals surface area contributed by atoms with Gasteiger partial charge >= 0.3 is 0 Å². The van der Waals surface area contributed by atoms with Crippen molar-refractivity contribution >= 4 is 0 Å². The molecule has 1 aromatic carbocycles. The molecule has 0 fully saturated rings. The molecule has 2 aromatic rings. The molecule has 0 saturated heterocycles. The molecule has 1 heterocycles. The summed E-state index contributed by atoms with van der Waals surface area (Å²) in [5, 5.41) is 10.4. The zero-order valence-corrected chi connectivity index (χ0v) is 13.0. The molecule has 1 N–H and O–H groups in total. The molecule has 0 radical (unpaired) electrons. The minimum atomic E-state index is -0.431. The van der Waals surface area contributed by atoms with Crippen LogP contribution in [0.3, 0.4) is 0 Å². The first-order chi connectivity index (χ1) is 10.1. The molecule has 0 spiro atoms. The van der Waals surface area contributed by atoms with E-state index in [1.165, 1.54) is 0 Å². The van der Waals surface area contributed by atoms with Crippen LogP contribution < -0.4 is 0 Å². The summed E-state index contributed by atoms with van der Waals surface area (Å²) in [4.78, 5) is 6.73. The van der Waals surface area contributed by atoms with Gasteiger partial charge in [-0.3, -0.25) is 4.98 Å². The number of rotatable bonds is 6. The van der Waals surface area contributed by atoms with E-state index in [1.54, 1.807) is 0 Å². The van der Waals surface area contributed by atoms with Crippen LogP contribution >= 0.6 is 0 Å². The Bertz CT molecular complexity index is 556. The Morgan fingerprint density at radius 1 is 1.10 bits per heavy atom. The maximum absolute atomic E-state index is 10.4. The molecule has 2 rings (SSSR count). The SMILES string of the molecule is Cc1cccc(CN(C)CC(C)C(O)c2ccccc2)n1. The predicted octanol–water partition coefficient (Wildman–Crippen LogP) is 3.19. The van der Waals surface area contributed by atoms with E-state index in [-0.39, 0.29) is 5.92 Å². The lowest BCUT2D eigenvalue weighted by Crippen LogP contribution is -2.27. The van der Waals surface area contributed by atoms with Crippen molar-refractivity contribution in [2.75, 3.05) is 13.6 Å². The number of nitrogens with zero attached hydrogens (tertiary/aromatic N) is 2. The molecule has 0 amide bonds. The summed E-state index contributed by atoms with van der Waals surface area (Å²) in [6.45, 7) is 5.71. The second kappa shape index (κ2) is 7.34. The first-order valence-corrected chi connectivity index (χ1v) is 7.40. The van der Waals surface area contributed by atoms with E-state index >= 15 is 0 Å². The quantitative estimate of drug-likeness (QED) is 0.885. The van der Waals surface area contributed by atoms with Gasteiger partial charge in [0.1, 0.15) is 0 Å². The van der Waals surface area contributed by atoms with E-state index in [4.69, 9.17) is 0 Å². The highest BCUT2D eigenvalue weighted by Crippen LogP contribution is 2.22. The minimum absolute atomic E-state index is 0.169. The Hall–Kier alpha value is -1.71. The van der Waals surface area contributed by atoms with Gasteiger partial charge in [0.25, 0.3) is 0 Å². The molecule has 0 aliphatic rings. The molecule has 0 aliphatic carbocycles. The van der Waals surface area contributed by atoms with E-state index in [0.29, 0.717) is 0 Å². The van der Waals surface area contributed by atoms with Crippen molar-refractivity contribution in [3.05, 3.63) is 65.5 Å². The summed E-state index contributed by atoms with van der Waals surface area (Å²) in [7, 11) is 2.07. The smallest absolute Gasteiger partial charge is 0.0827 e. The predicted molar refractivity (Wildman–Crippen MR) is 85.9 cm³/mol. The van der Waals surface area contributed by atoms with Gasteiger partial charge in [0.2, 0.25) is 0 Å². The van der Waals surface area contributed by atoms with E-state index in [0.717, 1.165) is 30.0 Å². The van der Waals surface area contributed by atoms with Crippen LogP contribution in [0.1, 0.15) is 30.0 Å². The van der Waals surface area contributed by atoms with Crippen molar-refractivity contribution < 1.29 is 5.11 Å². The van der Waals surface area contributed by atoms with E-state index < -0.39 is 6.10 Å². The number of aryl methyl sites for hydroxylation is 1. The first-order valence-electron chi connectivity index (χ1n) is 7.40. The van der Waals surface area contributed by atoms with Crippen LogP contribution in [0.15, 0.2) is 48.5 Å². The number of pyridine rings is 1. The number of aliphatic hydroxyl groups is 1. The van der Waals surface area contributed by atoms with E-state index in [1.807, 2.05) is 55.5 Å². The fourth-order valence-corrected chi connectivity index (χ4v) is 2.60. The van der Waals surface area contributed by atoms with E-state index in [9.17, 15) is 5.11 Å². The second-order valence-electron chi connectivity index (χ2n) is 5.80. The van der Waals surface area contributed by atoms with Crippen molar-refractivity contribution in [2.45, 2.75) is 26.5 Å². The summed E-state index contributed by atoms with van der Waals surface area (Å²) in [6, 6.07) is 15.9.